The average Bonchev–Trinajstić information content (AvgIpc) is 2.89. The lowest BCUT2D eigenvalue weighted by Gasteiger charge is -2.04. The van der Waals surface area contributed by atoms with Gasteiger partial charge in [-0.1, -0.05) is 11.6 Å². The highest BCUT2D eigenvalue weighted by Crippen LogP contribution is 2.15. The Morgan fingerprint density at radius 3 is 2.62 bits per heavy atom. The van der Waals surface area contributed by atoms with Crippen LogP contribution in [0.4, 0.5) is 10.1 Å². The summed E-state index contributed by atoms with van der Waals surface area (Å²) in [5.74, 6) is 1.56. The number of aromatic nitrogens is 3. The van der Waals surface area contributed by atoms with E-state index in [2.05, 4.69) is 9.88 Å². The summed E-state index contributed by atoms with van der Waals surface area (Å²) >= 11 is 5.95. The van der Waals surface area contributed by atoms with Gasteiger partial charge in [0.1, 0.15) is 12.4 Å². The summed E-state index contributed by atoms with van der Waals surface area (Å²) in [6.07, 6.45) is 4.24. The molecular weight excluding hydrogens is 391 g/mol. The first-order valence-electron chi connectivity index (χ1n) is 9.87. The number of fused-ring (bicyclic) bond motifs is 1. The first kappa shape index (κ1) is 19.6. The predicted molar refractivity (Wildman–Crippen MR) is 109 cm³/mol. The van der Waals surface area contributed by atoms with Gasteiger partial charge in [0.05, 0.1) is 6.54 Å². The number of rotatable bonds is 6. The summed E-state index contributed by atoms with van der Waals surface area (Å²) < 4.78 is 17.2. The van der Waals surface area contributed by atoms with E-state index in [0.29, 0.717) is 17.1 Å². The third kappa shape index (κ3) is 4.65. The van der Waals surface area contributed by atoms with Crippen molar-refractivity contribution >= 4 is 23.1 Å². The second-order valence-corrected chi connectivity index (χ2v) is 7.68. The minimum Gasteiger partial charge on any atom is -0.375 e. The van der Waals surface area contributed by atoms with E-state index in [0.717, 1.165) is 49.6 Å². The standard InChI is InChI=1S/C22H23ClFN4O/c23-17-7-11-19(12-8-17)25-14-21-26-28(22-4-2-1-3-13-27(21)22)15-20(29)16-5-9-18(24)10-6-16/h5-12,25H,1-4,13-15H2/q+1. The van der Waals surface area contributed by atoms with E-state index in [1.807, 2.05) is 28.9 Å². The Labute approximate surface area is 174 Å². The molecule has 2 aromatic carbocycles. The lowest BCUT2D eigenvalue weighted by molar-refractivity contribution is -0.710. The molecule has 0 unspecified atom stereocenters. The van der Waals surface area contributed by atoms with Crippen molar-refractivity contribution in [2.24, 2.45) is 0 Å². The molecule has 0 saturated carbocycles. The molecule has 0 aliphatic carbocycles. The van der Waals surface area contributed by atoms with Crippen LogP contribution in [-0.2, 0) is 26.1 Å². The Balaban J connectivity index is 1.56. The van der Waals surface area contributed by atoms with Crippen molar-refractivity contribution in [3.05, 3.63) is 76.6 Å². The molecule has 0 atom stereocenters. The molecule has 1 aliphatic heterocycles. The zero-order valence-electron chi connectivity index (χ0n) is 16.1. The molecule has 2 heterocycles. The number of nitrogens with one attached hydrogen (secondary N) is 1. The largest absolute Gasteiger partial charge is 0.375 e. The summed E-state index contributed by atoms with van der Waals surface area (Å²) in [5, 5.41) is 8.82. The van der Waals surface area contributed by atoms with Crippen LogP contribution in [0, 0.1) is 5.82 Å². The highest BCUT2D eigenvalue weighted by molar-refractivity contribution is 6.30. The maximum atomic E-state index is 13.2. The van der Waals surface area contributed by atoms with Crippen molar-refractivity contribution in [1.82, 2.24) is 9.78 Å². The number of Topliss-reactive ketones (excluding diaryl/α,β-unsaturated/α-hetero) is 1. The molecule has 7 heteroatoms. The van der Waals surface area contributed by atoms with Crippen LogP contribution in [0.25, 0.3) is 0 Å². The van der Waals surface area contributed by atoms with E-state index in [1.165, 1.54) is 24.3 Å². The fourth-order valence-electron chi connectivity index (χ4n) is 3.66. The maximum Gasteiger partial charge on any atom is 0.296 e. The number of nitrogens with zero attached hydrogens (tertiary/aromatic N) is 3. The van der Waals surface area contributed by atoms with Crippen LogP contribution in [-0.4, -0.2) is 15.6 Å². The zero-order chi connectivity index (χ0) is 20.2. The lowest BCUT2D eigenvalue weighted by atomic mass is 10.1. The van der Waals surface area contributed by atoms with Crippen LogP contribution >= 0.6 is 11.6 Å². The lowest BCUT2D eigenvalue weighted by Crippen LogP contribution is -2.41. The Morgan fingerprint density at radius 2 is 1.86 bits per heavy atom. The smallest absolute Gasteiger partial charge is 0.296 e. The Kier molecular flexibility index (Phi) is 5.90. The molecule has 3 aromatic rings. The minimum absolute atomic E-state index is 0.0719. The number of hydrogen-bond acceptors (Lipinski definition) is 3. The molecule has 0 fully saturated rings. The van der Waals surface area contributed by atoms with Crippen molar-refractivity contribution in [2.75, 3.05) is 5.32 Å². The van der Waals surface area contributed by atoms with Gasteiger partial charge in [-0.15, -0.1) is 4.68 Å². The highest BCUT2D eigenvalue weighted by Gasteiger charge is 2.28. The Morgan fingerprint density at radius 1 is 1.10 bits per heavy atom. The second-order valence-electron chi connectivity index (χ2n) is 7.24. The molecule has 29 heavy (non-hydrogen) atoms. The van der Waals surface area contributed by atoms with E-state index in [1.54, 1.807) is 0 Å². The topological polar surface area (TPSA) is 50.8 Å². The van der Waals surface area contributed by atoms with Crippen molar-refractivity contribution in [3.8, 4) is 0 Å². The first-order chi connectivity index (χ1) is 14.1. The van der Waals surface area contributed by atoms with Crippen LogP contribution in [0.2, 0.25) is 5.02 Å². The number of hydrogen-bond donors (Lipinski definition) is 1. The van der Waals surface area contributed by atoms with Crippen molar-refractivity contribution in [1.29, 1.82) is 0 Å². The number of halogens is 2. The van der Waals surface area contributed by atoms with Gasteiger partial charge in [-0.2, -0.15) is 0 Å². The molecule has 4 rings (SSSR count). The van der Waals surface area contributed by atoms with Crippen LogP contribution < -0.4 is 9.88 Å². The van der Waals surface area contributed by atoms with Gasteiger partial charge >= 0.3 is 0 Å². The van der Waals surface area contributed by atoms with Crippen LogP contribution in [0.5, 0.6) is 0 Å². The van der Waals surface area contributed by atoms with Gasteiger partial charge in [-0.3, -0.25) is 4.79 Å². The van der Waals surface area contributed by atoms with Crippen molar-refractivity contribution in [2.45, 2.75) is 45.3 Å². The molecule has 0 saturated heterocycles. The highest BCUT2D eigenvalue weighted by atomic mass is 35.5. The molecule has 0 amide bonds. The number of benzene rings is 2. The van der Waals surface area contributed by atoms with E-state index >= 15 is 0 Å². The van der Waals surface area contributed by atoms with Gasteiger partial charge in [0, 0.05) is 27.8 Å². The van der Waals surface area contributed by atoms with Gasteiger partial charge < -0.3 is 5.32 Å². The van der Waals surface area contributed by atoms with Crippen molar-refractivity contribution < 1.29 is 13.8 Å². The van der Waals surface area contributed by atoms with Crippen LogP contribution in [0.1, 0.15) is 41.3 Å². The number of carbonyl (C=O) groups excluding carboxylic acids is 1. The van der Waals surface area contributed by atoms with Crippen LogP contribution in [0.15, 0.2) is 48.5 Å². The molecule has 0 spiro atoms. The van der Waals surface area contributed by atoms with Gasteiger partial charge in [-0.25, -0.2) is 8.96 Å². The number of carbonyl (C=O) groups is 1. The van der Waals surface area contributed by atoms with Gasteiger partial charge in [0.2, 0.25) is 5.82 Å². The molecule has 150 valence electrons. The molecule has 0 bridgehead atoms. The summed E-state index contributed by atoms with van der Waals surface area (Å²) in [6, 6.07) is 13.2. The Bertz CT molecular complexity index is 999. The average molecular weight is 414 g/mol. The normalized spacial score (nSPS) is 13.6. The van der Waals surface area contributed by atoms with Gasteiger partial charge in [0.25, 0.3) is 5.82 Å². The summed E-state index contributed by atoms with van der Waals surface area (Å²) in [5.41, 5.74) is 1.46. The van der Waals surface area contributed by atoms with E-state index in [-0.39, 0.29) is 18.1 Å². The zero-order valence-corrected chi connectivity index (χ0v) is 16.8. The van der Waals surface area contributed by atoms with E-state index < -0.39 is 0 Å². The summed E-state index contributed by atoms with van der Waals surface area (Å²) in [7, 11) is 0. The predicted octanol–water partition coefficient (Wildman–Crippen LogP) is 4.18. The summed E-state index contributed by atoms with van der Waals surface area (Å²) in [6.45, 7) is 1.62. The molecule has 1 aromatic heterocycles. The van der Waals surface area contributed by atoms with Crippen molar-refractivity contribution in [3.63, 3.8) is 0 Å². The second kappa shape index (κ2) is 8.74. The fourth-order valence-corrected chi connectivity index (χ4v) is 3.79. The molecule has 1 aliphatic rings. The third-order valence-electron chi connectivity index (χ3n) is 5.19. The molecule has 5 nitrogen and oxygen atoms in total. The number of ketones is 1. The fraction of sp³-hybridized carbons (Fsp3) is 0.318. The SMILES string of the molecule is O=C(Cn1nc(CNc2ccc(Cl)cc2)[n+]2c1CCCCC2)c1ccc(F)cc1. The molecule has 1 N–H and O–H groups in total. The quantitative estimate of drug-likeness (QED) is 0.487. The van der Waals surface area contributed by atoms with E-state index in [9.17, 15) is 9.18 Å². The molecular formula is C22H23ClFN4O+. The molecule has 0 radical (unpaired) electrons. The van der Waals surface area contributed by atoms with Gasteiger partial charge in [0.15, 0.2) is 12.3 Å². The number of anilines is 1. The van der Waals surface area contributed by atoms with Gasteiger partial charge in [-0.05, 0) is 67.8 Å². The van der Waals surface area contributed by atoms with E-state index in [4.69, 9.17) is 16.7 Å². The maximum absolute atomic E-state index is 13.2. The minimum atomic E-state index is -0.347. The van der Waals surface area contributed by atoms with Crippen LogP contribution in [0.3, 0.4) is 0 Å². The summed E-state index contributed by atoms with van der Waals surface area (Å²) in [4.78, 5) is 12.7. The first-order valence-corrected chi connectivity index (χ1v) is 10.2. The Hall–Kier alpha value is -2.73. The third-order valence-corrected chi connectivity index (χ3v) is 5.45. The monoisotopic (exact) mass is 413 g/mol.